The maximum atomic E-state index is 11.0. The molecule has 2 heterocycles. The van der Waals surface area contributed by atoms with Crippen LogP contribution in [-0.4, -0.2) is 39.2 Å². The summed E-state index contributed by atoms with van der Waals surface area (Å²) < 4.78 is 1.69. The number of anilines is 1. The minimum Gasteiger partial charge on any atom is -0.481 e. The van der Waals surface area contributed by atoms with Crippen LogP contribution in [0.5, 0.6) is 0 Å². The van der Waals surface area contributed by atoms with Gasteiger partial charge in [0.2, 0.25) is 0 Å². The van der Waals surface area contributed by atoms with Crippen molar-refractivity contribution < 1.29 is 9.90 Å². The molecule has 108 valence electrons. The maximum absolute atomic E-state index is 11.0. The number of carboxylic acid groups (broad SMARTS) is 1. The molecular weight excluding hydrogens is 268 g/mol. The van der Waals surface area contributed by atoms with Gasteiger partial charge in [0.1, 0.15) is 12.1 Å². The lowest BCUT2D eigenvalue weighted by Gasteiger charge is -2.31. The lowest BCUT2D eigenvalue weighted by atomic mass is 9.97. The first kappa shape index (κ1) is 13.4. The fourth-order valence-corrected chi connectivity index (χ4v) is 2.75. The molecule has 0 amide bonds. The third kappa shape index (κ3) is 2.55. The standard InChI is InChI=1S/C15H16N4O2/c1-2-7-19-14-4-3-12(10-13(14)16-17-19)18-8-5-11(6-9-18)15(20)21/h1,3-4,10-11H,5-9H2,(H,20,21). The molecule has 1 aromatic carbocycles. The highest BCUT2D eigenvalue weighted by atomic mass is 16.4. The Morgan fingerprint density at radius 2 is 2.19 bits per heavy atom. The number of fused-ring (bicyclic) bond motifs is 1. The van der Waals surface area contributed by atoms with E-state index in [1.807, 2.05) is 18.2 Å². The van der Waals surface area contributed by atoms with Gasteiger partial charge in [-0.3, -0.25) is 4.79 Å². The van der Waals surface area contributed by atoms with Crippen molar-refractivity contribution in [1.82, 2.24) is 15.0 Å². The summed E-state index contributed by atoms with van der Waals surface area (Å²) in [4.78, 5) is 13.2. The molecule has 1 aromatic heterocycles. The third-order valence-corrected chi connectivity index (χ3v) is 3.95. The average Bonchev–Trinajstić information content (AvgIpc) is 2.90. The molecule has 0 unspecified atom stereocenters. The number of aliphatic carboxylic acids is 1. The molecule has 3 rings (SSSR count). The number of hydrogen-bond donors (Lipinski definition) is 1. The van der Waals surface area contributed by atoms with Crippen molar-refractivity contribution in [1.29, 1.82) is 0 Å². The van der Waals surface area contributed by atoms with E-state index in [1.54, 1.807) is 4.68 Å². The number of carbonyl (C=O) groups is 1. The molecule has 1 fully saturated rings. The van der Waals surface area contributed by atoms with Gasteiger partial charge in [-0.15, -0.1) is 11.5 Å². The maximum Gasteiger partial charge on any atom is 0.306 e. The molecule has 6 nitrogen and oxygen atoms in total. The number of nitrogens with zero attached hydrogens (tertiary/aromatic N) is 4. The second kappa shape index (κ2) is 5.44. The number of aromatic nitrogens is 3. The van der Waals surface area contributed by atoms with Gasteiger partial charge < -0.3 is 10.0 Å². The van der Waals surface area contributed by atoms with Gasteiger partial charge in [0.25, 0.3) is 0 Å². The second-order valence-corrected chi connectivity index (χ2v) is 5.22. The number of carboxylic acids is 1. The van der Waals surface area contributed by atoms with Crippen molar-refractivity contribution in [2.24, 2.45) is 5.92 Å². The summed E-state index contributed by atoms with van der Waals surface area (Å²) in [6, 6.07) is 5.96. The van der Waals surface area contributed by atoms with Crippen LogP contribution in [-0.2, 0) is 11.3 Å². The largest absolute Gasteiger partial charge is 0.481 e. The summed E-state index contributed by atoms with van der Waals surface area (Å²) in [5.74, 6) is 1.64. The second-order valence-electron chi connectivity index (χ2n) is 5.22. The molecule has 2 aromatic rings. The monoisotopic (exact) mass is 284 g/mol. The first-order valence-corrected chi connectivity index (χ1v) is 6.93. The van der Waals surface area contributed by atoms with E-state index in [0.717, 1.165) is 29.8 Å². The topological polar surface area (TPSA) is 71.2 Å². The summed E-state index contributed by atoms with van der Waals surface area (Å²) in [5, 5.41) is 17.2. The van der Waals surface area contributed by atoms with Gasteiger partial charge in [0.05, 0.1) is 11.4 Å². The van der Waals surface area contributed by atoms with E-state index >= 15 is 0 Å². The summed E-state index contributed by atoms with van der Waals surface area (Å²) in [6.07, 6.45) is 6.66. The van der Waals surface area contributed by atoms with Crippen LogP contribution in [0.25, 0.3) is 11.0 Å². The van der Waals surface area contributed by atoms with E-state index in [0.29, 0.717) is 19.4 Å². The van der Waals surface area contributed by atoms with Crippen molar-refractivity contribution >= 4 is 22.7 Å². The molecular formula is C15H16N4O2. The minimum absolute atomic E-state index is 0.221. The SMILES string of the molecule is C#CCn1nnc2cc(N3CCC(C(=O)O)CC3)ccc21. The van der Waals surface area contributed by atoms with Crippen molar-refractivity contribution in [2.75, 3.05) is 18.0 Å². The zero-order valence-electron chi connectivity index (χ0n) is 11.6. The van der Waals surface area contributed by atoms with Crippen LogP contribution in [0.1, 0.15) is 12.8 Å². The van der Waals surface area contributed by atoms with E-state index in [4.69, 9.17) is 11.5 Å². The van der Waals surface area contributed by atoms with Crippen molar-refractivity contribution in [2.45, 2.75) is 19.4 Å². The molecule has 0 bridgehead atoms. The Morgan fingerprint density at radius 3 is 2.86 bits per heavy atom. The van der Waals surface area contributed by atoms with Crippen LogP contribution in [0.15, 0.2) is 18.2 Å². The van der Waals surface area contributed by atoms with E-state index < -0.39 is 5.97 Å². The molecule has 1 saturated heterocycles. The van der Waals surface area contributed by atoms with Gasteiger partial charge in [-0.1, -0.05) is 11.1 Å². The first-order chi connectivity index (χ1) is 10.2. The average molecular weight is 284 g/mol. The Bertz CT molecular complexity index is 708. The Balaban J connectivity index is 1.79. The quantitative estimate of drug-likeness (QED) is 0.862. The van der Waals surface area contributed by atoms with E-state index in [-0.39, 0.29) is 5.92 Å². The van der Waals surface area contributed by atoms with E-state index in [2.05, 4.69) is 21.1 Å². The van der Waals surface area contributed by atoms with Gasteiger partial charge in [-0.25, -0.2) is 4.68 Å². The molecule has 1 aliphatic heterocycles. The molecule has 0 saturated carbocycles. The Hall–Kier alpha value is -2.55. The Morgan fingerprint density at radius 1 is 1.43 bits per heavy atom. The zero-order valence-corrected chi connectivity index (χ0v) is 11.6. The number of terminal acetylenes is 1. The van der Waals surface area contributed by atoms with Gasteiger partial charge in [0.15, 0.2) is 0 Å². The van der Waals surface area contributed by atoms with E-state index in [9.17, 15) is 4.79 Å². The number of benzene rings is 1. The van der Waals surface area contributed by atoms with Gasteiger partial charge >= 0.3 is 5.97 Å². The fourth-order valence-electron chi connectivity index (χ4n) is 2.75. The van der Waals surface area contributed by atoms with Crippen LogP contribution >= 0.6 is 0 Å². The number of hydrogen-bond acceptors (Lipinski definition) is 4. The molecule has 1 N–H and O–H groups in total. The normalized spacial score (nSPS) is 16.0. The molecule has 1 aliphatic rings. The fraction of sp³-hybridized carbons (Fsp3) is 0.400. The van der Waals surface area contributed by atoms with Crippen LogP contribution in [0.3, 0.4) is 0 Å². The Labute approximate surface area is 122 Å². The number of rotatable bonds is 3. The van der Waals surface area contributed by atoms with Crippen molar-refractivity contribution in [3.63, 3.8) is 0 Å². The minimum atomic E-state index is -0.692. The summed E-state index contributed by atoms with van der Waals surface area (Å²) in [6.45, 7) is 1.90. The van der Waals surface area contributed by atoms with Crippen LogP contribution in [0, 0.1) is 18.3 Å². The van der Waals surface area contributed by atoms with Crippen LogP contribution in [0.4, 0.5) is 5.69 Å². The van der Waals surface area contributed by atoms with Gasteiger partial charge in [-0.2, -0.15) is 0 Å². The molecule has 0 atom stereocenters. The molecule has 0 spiro atoms. The number of piperidine rings is 1. The summed E-state index contributed by atoms with van der Waals surface area (Å²) >= 11 is 0. The van der Waals surface area contributed by atoms with Crippen LogP contribution < -0.4 is 4.90 Å². The van der Waals surface area contributed by atoms with Crippen molar-refractivity contribution in [3.8, 4) is 12.3 Å². The molecule has 6 heteroatoms. The molecule has 21 heavy (non-hydrogen) atoms. The van der Waals surface area contributed by atoms with Gasteiger partial charge in [-0.05, 0) is 31.0 Å². The zero-order chi connectivity index (χ0) is 14.8. The lowest BCUT2D eigenvalue weighted by molar-refractivity contribution is -0.142. The van der Waals surface area contributed by atoms with E-state index in [1.165, 1.54) is 0 Å². The lowest BCUT2D eigenvalue weighted by Crippen LogP contribution is -2.36. The predicted octanol–water partition coefficient (Wildman–Crippen LogP) is 1.37. The van der Waals surface area contributed by atoms with Crippen LogP contribution in [0.2, 0.25) is 0 Å². The Kier molecular flexibility index (Phi) is 3.48. The molecule has 0 aliphatic carbocycles. The third-order valence-electron chi connectivity index (χ3n) is 3.95. The smallest absolute Gasteiger partial charge is 0.306 e. The highest BCUT2D eigenvalue weighted by molar-refractivity contribution is 5.79. The summed E-state index contributed by atoms with van der Waals surface area (Å²) in [5.41, 5.74) is 2.78. The first-order valence-electron chi connectivity index (χ1n) is 6.93. The highest BCUT2D eigenvalue weighted by Gasteiger charge is 2.24. The van der Waals surface area contributed by atoms with Crippen molar-refractivity contribution in [3.05, 3.63) is 18.2 Å². The predicted molar refractivity (Wildman–Crippen MR) is 78.9 cm³/mol. The van der Waals surface area contributed by atoms with Gasteiger partial charge in [0, 0.05) is 18.8 Å². The summed E-state index contributed by atoms with van der Waals surface area (Å²) in [7, 11) is 0. The highest BCUT2D eigenvalue weighted by Crippen LogP contribution is 2.26. The molecule has 0 radical (unpaired) electrons.